The zero-order valence-electron chi connectivity index (χ0n) is 10.9. The summed E-state index contributed by atoms with van der Waals surface area (Å²) in [5, 5.41) is 1.04. The fraction of sp³-hybridized carbons (Fsp3) is 0.615. The van der Waals surface area contributed by atoms with Crippen molar-refractivity contribution >= 4 is 28.0 Å². The van der Waals surface area contributed by atoms with Crippen LogP contribution >= 0.6 is 11.3 Å². The van der Waals surface area contributed by atoms with Gasteiger partial charge in [0.25, 0.3) is 0 Å². The Labute approximate surface area is 112 Å². The molecule has 1 aliphatic carbocycles. The van der Waals surface area contributed by atoms with Crippen molar-refractivity contribution in [1.82, 2.24) is 0 Å². The predicted molar refractivity (Wildman–Crippen MR) is 75.3 cm³/mol. The molecule has 0 aromatic carbocycles. The van der Waals surface area contributed by atoms with E-state index in [2.05, 4.69) is 11.9 Å². The number of carbonyl (C=O) groups is 1. The van der Waals surface area contributed by atoms with Crippen LogP contribution in [0.5, 0.6) is 0 Å². The average Bonchev–Trinajstić information content (AvgIpc) is 2.66. The number of anilines is 2. The van der Waals surface area contributed by atoms with E-state index in [1.807, 2.05) is 6.07 Å². The zero-order chi connectivity index (χ0) is 13.1. The first kappa shape index (κ1) is 13.2. The topological polar surface area (TPSA) is 55.6 Å². The lowest BCUT2D eigenvalue weighted by molar-refractivity contribution is 0.0533. The molecule has 1 saturated carbocycles. The number of hydrogen-bond donors (Lipinski definition) is 1. The van der Waals surface area contributed by atoms with E-state index in [4.69, 9.17) is 10.5 Å². The minimum absolute atomic E-state index is 0.316. The number of ether oxygens (including phenoxy) is 1. The number of nitrogen functional groups attached to an aromatic ring is 1. The summed E-state index contributed by atoms with van der Waals surface area (Å²) in [4.78, 5) is 14.4. The predicted octanol–water partition coefficient (Wildman–Crippen LogP) is 2.74. The molecule has 1 aliphatic rings. The molecule has 100 valence electrons. The van der Waals surface area contributed by atoms with E-state index < -0.39 is 0 Å². The summed E-state index contributed by atoms with van der Waals surface area (Å²) in [5.74, 6) is 0.479. The molecule has 0 aliphatic heterocycles. The lowest BCUT2D eigenvalue weighted by Gasteiger charge is -2.30. The molecule has 0 unspecified atom stereocenters. The summed E-state index contributed by atoms with van der Waals surface area (Å²) < 4.78 is 4.99. The molecule has 5 heteroatoms. The SMILES string of the molecule is CCOC(=O)c1sc(N(C)CC2CCC2)cc1N. The Balaban J connectivity index is 2.04. The van der Waals surface area contributed by atoms with Crippen LogP contribution in [0, 0.1) is 5.92 Å². The number of thiophene rings is 1. The van der Waals surface area contributed by atoms with Crippen LogP contribution in [0.2, 0.25) is 0 Å². The molecule has 0 radical (unpaired) electrons. The molecule has 0 spiro atoms. The Morgan fingerprint density at radius 2 is 2.33 bits per heavy atom. The van der Waals surface area contributed by atoms with Gasteiger partial charge in [-0.25, -0.2) is 4.79 Å². The molecular weight excluding hydrogens is 248 g/mol. The minimum atomic E-state index is -0.316. The van der Waals surface area contributed by atoms with Crippen LogP contribution in [0.1, 0.15) is 35.9 Å². The summed E-state index contributed by atoms with van der Waals surface area (Å²) >= 11 is 1.42. The number of rotatable bonds is 5. The van der Waals surface area contributed by atoms with Crippen molar-refractivity contribution < 1.29 is 9.53 Å². The Morgan fingerprint density at radius 1 is 1.61 bits per heavy atom. The molecule has 1 aromatic rings. The second kappa shape index (κ2) is 5.61. The summed E-state index contributed by atoms with van der Waals surface area (Å²) in [6.07, 6.45) is 3.98. The maximum atomic E-state index is 11.7. The molecule has 4 nitrogen and oxygen atoms in total. The Hall–Kier alpha value is -1.23. The second-order valence-corrected chi connectivity index (χ2v) is 5.80. The van der Waals surface area contributed by atoms with Crippen molar-refractivity contribution in [2.75, 3.05) is 30.8 Å². The van der Waals surface area contributed by atoms with Crippen molar-refractivity contribution in [3.8, 4) is 0 Å². The molecular formula is C13H20N2O2S. The number of carbonyl (C=O) groups excluding carboxylic acids is 1. The van der Waals surface area contributed by atoms with Gasteiger partial charge in [-0.2, -0.15) is 0 Å². The molecule has 2 N–H and O–H groups in total. The second-order valence-electron chi connectivity index (χ2n) is 4.77. The number of nitrogens with two attached hydrogens (primary N) is 1. The Bertz CT molecular complexity index is 427. The van der Waals surface area contributed by atoms with Gasteiger partial charge < -0.3 is 15.4 Å². The minimum Gasteiger partial charge on any atom is -0.462 e. The fourth-order valence-electron chi connectivity index (χ4n) is 2.09. The van der Waals surface area contributed by atoms with E-state index in [0.29, 0.717) is 17.2 Å². The highest BCUT2D eigenvalue weighted by Crippen LogP contribution is 2.34. The van der Waals surface area contributed by atoms with Gasteiger partial charge >= 0.3 is 5.97 Å². The van der Waals surface area contributed by atoms with Crippen LogP contribution in [0.4, 0.5) is 10.7 Å². The molecule has 0 bridgehead atoms. The third-order valence-electron chi connectivity index (χ3n) is 3.34. The fourth-order valence-corrected chi connectivity index (χ4v) is 3.03. The molecule has 2 rings (SSSR count). The van der Waals surface area contributed by atoms with Crippen molar-refractivity contribution in [2.24, 2.45) is 5.92 Å². The van der Waals surface area contributed by atoms with Crippen molar-refractivity contribution in [1.29, 1.82) is 0 Å². The smallest absolute Gasteiger partial charge is 0.350 e. The van der Waals surface area contributed by atoms with Gasteiger partial charge in [0, 0.05) is 13.6 Å². The third kappa shape index (κ3) is 2.77. The first-order chi connectivity index (χ1) is 8.61. The van der Waals surface area contributed by atoms with Gasteiger partial charge in [-0.3, -0.25) is 0 Å². The van der Waals surface area contributed by atoms with Gasteiger partial charge in [-0.15, -0.1) is 11.3 Å². The normalized spacial score (nSPS) is 15.2. The number of nitrogens with zero attached hydrogens (tertiary/aromatic N) is 1. The monoisotopic (exact) mass is 268 g/mol. The summed E-state index contributed by atoms with van der Waals surface area (Å²) in [6, 6.07) is 1.87. The number of esters is 1. The first-order valence-electron chi connectivity index (χ1n) is 6.39. The Morgan fingerprint density at radius 3 is 2.89 bits per heavy atom. The van der Waals surface area contributed by atoms with E-state index in [1.54, 1.807) is 6.92 Å². The van der Waals surface area contributed by atoms with Crippen LogP contribution in [-0.4, -0.2) is 26.2 Å². The molecule has 0 atom stereocenters. The largest absolute Gasteiger partial charge is 0.462 e. The van der Waals surface area contributed by atoms with Crippen LogP contribution < -0.4 is 10.6 Å². The van der Waals surface area contributed by atoms with Gasteiger partial charge in [0.2, 0.25) is 0 Å². The van der Waals surface area contributed by atoms with Gasteiger partial charge in [0.1, 0.15) is 4.88 Å². The molecule has 1 heterocycles. The van der Waals surface area contributed by atoms with Gasteiger partial charge in [0.05, 0.1) is 17.3 Å². The summed E-state index contributed by atoms with van der Waals surface area (Å²) in [6.45, 7) is 3.22. The van der Waals surface area contributed by atoms with Crippen molar-refractivity contribution in [3.63, 3.8) is 0 Å². The summed E-state index contributed by atoms with van der Waals surface area (Å²) in [7, 11) is 2.05. The van der Waals surface area contributed by atoms with Gasteiger partial charge in [-0.05, 0) is 31.7 Å². The van der Waals surface area contributed by atoms with E-state index in [-0.39, 0.29) is 5.97 Å². The van der Waals surface area contributed by atoms with E-state index >= 15 is 0 Å². The highest BCUT2D eigenvalue weighted by Gasteiger charge is 2.22. The maximum Gasteiger partial charge on any atom is 0.350 e. The molecule has 18 heavy (non-hydrogen) atoms. The van der Waals surface area contributed by atoms with Crippen LogP contribution in [0.15, 0.2) is 6.07 Å². The molecule has 0 amide bonds. The van der Waals surface area contributed by atoms with Crippen LogP contribution in [0.3, 0.4) is 0 Å². The first-order valence-corrected chi connectivity index (χ1v) is 7.21. The zero-order valence-corrected chi connectivity index (χ0v) is 11.8. The van der Waals surface area contributed by atoms with E-state index in [9.17, 15) is 4.79 Å². The lowest BCUT2D eigenvalue weighted by Crippen LogP contribution is -2.28. The Kier molecular flexibility index (Phi) is 4.11. The standard InChI is InChI=1S/C13H20N2O2S/c1-3-17-13(16)12-10(14)7-11(18-12)15(2)8-9-5-4-6-9/h7,9H,3-6,8,14H2,1-2H3. The molecule has 0 saturated heterocycles. The van der Waals surface area contributed by atoms with Crippen molar-refractivity contribution in [3.05, 3.63) is 10.9 Å². The number of hydrogen-bond acceptors (Lipinski definition) is 5. The van der Waals surface area contributed by atoms with Gasteiger partial charge in [0.15, 0.2) is 0 Å². The van der Waals surface area contributed by atoms with Crippen molar-refractivity contribution in [2.45, 2.75) is 26.2 Å². The quantitative estimate of drug-likeness (QED) is 0.834. The molecule has 1 aromatic heterocycles. The summed E-state index contributed by atoms with van der Waals surface area (Å²) in [5.41, 5.74) is 6.39. The van der Waals surface area contributed by atoms with Gasteiger partial charge in [-0.1, -0.05) is 6.42 Å². The third-order valence-corrected chi connectivity index (χ3v) is 4.59. The maximum absolute atomic E-state index is 11.7. The average molecular weight is 268 g/mol. The van der Waals surface area contributed by atoms with E-state index in [0.717, 1.165) is 17.5 Å². The molecule has 1 fully saturated rings. The highest BCUT2D eigenvalue weighted by atomic mass is 32.1. The van der Waals surface area contributed by atoms with Crippen LogP contribution in [0.25, 0.3) is 0 Å². The highest BCUT2D eigenvalue weighted by molar-refractivity contribution is 7.18. The van der Waals surface area contributed by atoms with Crippen LogP contribution in [-0.2, 0) is 4.74 Å². The van der Waals surface area contributed by atoms with E-state index in [1.165, 1.54) is 30.6 Å². The lowest BCUT2D eigenvalue weighted by atomic mass is 9.85.